The van der Waals surface area contributed by atoms with Crippen molar-refractivity contribution in [3.05, 3.63) is 60.2 Å². The van der Waals surface area contributed by atoms with E-state index in [0.717, 1.165) is 28.0 Å². The Morgan fingerprint density at radius 3 is 2.00 bits per heavy atom. The Hall–Kier alpha value is -2.88. The minimum atomic E-state index is -0.507. The summed E-state index contributed by atoms with van der Waals surface area (Å²) in [6.45, 7) is 4.83. The number of ether oxygens (including phenoxy) is 2. The van der Waals surface area contributed by atoms with Gasteiger partial charge < -0.3 is 9.47 Å². The molecule has 0 atom stereocenters. The Morgan fingerprint density at radius 1 is 1.00 bits per heavy atom. The summed E-state index contributed by atoms with van der Waals surface area (Å²) >= 11 is 0. The highest BCUT2D eigenvalue weighted by molar-refractivity contribution is 5.99. The van der Waals surface area contributed by atoms with E-state index >= 15 is 0 Å². The topological polar surface area (TPSA) is 52.6 Å². The molecule has 0 unspecified atom stereocenters. The lowest BCUT2D eigenvalue weighted by Crippen LogP contribution is -2.12. The zero-order valence-electron chi connectivity index (χ0n) is 12.8. The van der Waals surface area contributed by atoms with E-state index < -0.39 is 5.97 Å². The molecule has 0 aliphatic heterocycles. The number of allylic oxidation sites excluding steroid dienone is 2. The second kappa shape index (κ2) is 6.08. The largest absolute Gasteiger partial charge is 0.426 e. The van der Waals surface area contributed by atoms with Gasteiger partial charge in [0, 0.05) is 34.9 Å². The molecule has 4 heteroatoms. The molecule has 2 aromatic carbocycles. The summed E-state index contributed by atoms with van der Waals surface area (Å²) in [5, 5.41) is 1.50. The Bertz CT molecular complexity index is 846. The first-order valence-electron chi connectivity index (χ1n) is 7.36. The number of esters is 2. The van der Waals surface area contributed by atoms with Crippen LogP contribution in [0.2, 0.25) is 0 Å². The van der Waals surface area contributed by atoms with E-state index in [1.165, 1.54) is 6.92 Å². The summed E-state index contributed by atoms with van der Waals surface area (Å²) in [5.74, 6) is 0.182. The Kier molecular flexibility index (Phi) is 3.98. The van der Waals surface area contributed by atoms with Crippen molar-refractivity contribution >= 4 is 22.7 Å². The molecule has 0 saturated carbocycles. The Labute approximate surface area is 134 Å². The molecule has 0 amide bonds. The van der Waals surface area contributed by atoms with Gasteiger partial charge in [-0.15, -0.1) is 0 Å². The van der Waals surface area contributed by atoms with E-state index in [-0.39, 0.29) is 5.97 Å². The predicted molar refractivity (Wildman–Crippen MR) is 87.6 cm³/mol. The fourth-order valence-corrected chi connectivity index (χ4v) is 2.83. The van der Waals surface area contributed by atoms with Crippen molar-refractivity contribution in [3.63, 3.8) is 0 Å². The van der Waals surface area contributed by atoms with Crippen LogP contribution in [0.4, 0.5) is 0 Å². The summed E-state index contributed by atoms with van der Waals surface area (Å²) in [7, 11) is 0. The third-order valence-corrected chi connectivity index (χ3v) is 3.75. The van der Waals surface area contributed by atoms with Crippen molar-refractivity contribution < 1.29 is 19.1 Å². The van der Waals surface area contributed by atoms with Gasteiger partial charge in [-0.05, 0) is 12.8 Å². The number of fused-ring (bicyclic) bond motifs is 2. The van der Waals surface area contributed by atoms with Crippen molar-refractivity contribution in [2.45, 2.75) is 19.8 Å². The smallest absolute Gasteiger partial charge is 0.335 e. The minimum absolute atomic E-state index is 0.372. The molecule has 1 aliphatic rings. The van der Waals surface area contributed by atoms with Crippen molar-refractivity contribution in [2.75, 3.05) is 0 Å². The van der Waals surface area contributed by atoms with E-state index in [1.54, 1.807) is 0 Å². The zero-order valence-corrected chi connectivity index (χ0v) is 12.8. The van der Waals surface area contributed by atoms with E-state index in [9.17, 15) is 9.59 Å². The molecule has 116 valence electrons. The summed E-state index contributed by atoms with van der Waals surface area (Å²) in [6, 6.07) is 7.43. The molecule has 23 heavy (non-hydrogen) atoms. The fourth-order valence-electron chi connectivity index (χ4n) is 2.83. The van der Waals surface area contributed by atoms with Crippen LogP contribution in [0.25, 0.3) is 10.8 Å². The molecule has 0 radical (unpaired) electrons. The first-order valence-corrected chi connectivity index (χ1v) is 7.36. The quantitative estimate of drug-likeness (QED) is 0.377. The maximum Gasteiger partial charge on any atom is 0.335 e. The summed E-state index contributed by atoms with van der Waals surface area (Å²) in [4.78, 5) is 23.2. The SMILES string of the molecule is C=CC(=O)Oc1c2c(c(OC(C)=O)c3ccccc13)CC=CC2. The number of carbonyl (C=O) groups excluding carboxylic acids is 2. The number of rotatable bonds is 3. The molecule has 0 heterocycles. The van der Waals surface area contributed by atoms with Gasteiger partial charge in [0.1, 0.15) is 11.5 Å². The molecule has 0 spiro atoms. The number of hydrogen-bond acceptors (Lipinski definition) is 4. The summed E-state index contributed by atoms with van der Waals surface area (Å²) in [6.07, 6.45) is 6.42. The van der Waals surface area contributed by atoms with Crippen LogP contribution in [-0.4, -0.2) is 11.9 Å². The van der Waals surface area contributed by atoms with E-state index in [2.05, 4.69) is 6.58 Å². The molecule has 3 rings (SSSR count). The third kappa shape index (κ3) is 2.75. The van der Waals surface area contributed by atoms with Crippen LogP contribution >= 0.6 is 0 Å². The Balaban J connectivity index is 2.33. The van der Waals surface area contributed by atoms with Gasteiger partial charge in [0.05, 0.1) is 0 Å². The van der Waals surface area contributed by atoms with Crippen molar-refractivity contribution in [1.29, 1.82) is 0 Å². The number of benzene rings is 2. The van der Waals surface area contributed by atoms with Crippen LogP contribution in [0.1, 0.15) is 18.1 Å². The molecule has 1 aliphatic carbocycles. The Morgan fingerprint density at radius 2 is 1.52 bits per heavy atom. The molecular formula is C19H16O4. The average molecular weight is 308 g/mol. The molecule has 0 N–H and O–H groups in total. The molecule has 4 nitrogen and oxygen atoms in total. The van der Waals surface area contributed by atoms with Gasteiger partial charge in [-0.25, -0.2) is 4.79 Å². The van der Waals surface area contributed by atoms with Gasteiger partial charge in [-0.1, -0.05) is 43.0 Å². The normalized spacial score (nSPS) is 12.6. The molecular weight excluding hydrogens is 292 g/mol. The maximum absolute atomic E-state index is 11.7. The highest BCUT2D eigenvalue weighted by atomic mass is 16.5. The second-order valence-electron chi connectivity index (χ2n) is 5.26. The van der Waals surface area contributed by atoms with Gasteiger partial charge in [0.15, 0.2) is 0 Å². The second-order valence-corrected chi connectivity index (χ2v) is 5.26. The summed E-state index contributed by atoms with van der Waals surface area (Å²) in [5.41, 5.74) is 1.76. The minimum Gasteiger partial charge on any atom is -0.426 e. The van der Waals surface area contributed by atoms with Crippen LogP contribution in [-0.2, 0) is 22.4 Å². The summed E-state index contributed by atoms with van der Waals surface area (Å²) < 4.78 is 11.0. The lowest BCUT2D eigenvalue weighted by atomic mass is 9.90. The highest BCUT2D eigenvalue weighted by Gasteiger charge is 2.23. The molecule has 0 bridgehead atoms. The number of hydrogen-bond donors (Lipinski definition) is 0. The van der Waals surface area contributed by atoms with Crippen LogP contribution in [0.5, 0.6) is 11.5 Å². The first kappa shape index (κ1) is 15.0. The van der Waals surface area contributed by atoms with Crippen molar-refractivity contribution in [2.24, 2.45) is 0 Å². The lowest BCUT2D eigenvalue weighted by molar-refractivity contribution is -0.132. The van der Waals surface area contributed by atoms with E-state index in [4.69, 9.17) is 9.47 Å². The van der Waals surface area contributed by atoms with Gasteiger partial charge in [-0.3, -0.25) is 4.79 Å². The average Bonchev–Trinajstić information content (AvgIpc) is 2.57. The van der Waals surface area contributed by atoms with Crippen molar-refractivity contribution in [3.8, 4) is 11.5 Å². The fraction of sp³-hybridized carbons (Fsp3) is 0.158. The van der Waals surface area contributed by atoms with Gasteiger partial charge in [0.25, 0.3) is 0 Å². The monoisotopic (exact) mass is 308 g/mol. The molecule has 0 saturated heterocycles. The zero-order chi connectivity index (χ0) is 16.4. The van der Waals surface area contributed by atoms with E-state index in [1.807, 2.05) is 36.4 Å². The predicted octanol–water partition coefficient (Wildman–Crippen LogP) is 3.51. The molecule has 0 aromatic heterocycles. The van der Waals surface area contributed by atoms with Crippen LogP contribution in [0.15, 0.2) is 49.1 Å². The number of carbonyl (C=O) groups is 2. The van der Waals surface area contributed by atoms with Gasteiger partial charge in [0.2, 0.25) is 0 Å². The molecule has 2 aromatic rings. The van der Waals surface area contributed by atoms with Crippen LogP contribution in [0.3, 0.4) is 0 Å². The lowest BCUT2D eigenvalue weighted by Gasteiger charge is -2.21. The third-order valence-electron chi connectivity index (χ3n) is 3.75. The molecule has 0 fully saturated rings. The first-order chi connectivity index (χ1) is 11.1. The highest BCUT2D eigenvalue weighted by Crippen LogP contribution is 2.43. The maximum atomic E-state index is 11.7. The van der Waals surface area contributed by atoms with Crippen LogP contribution in [0, 0.1) is 0 Å². The standard InChI is InChI=1S/C19H16O4/c1-3-17(21)23-19-15-10-6-4-8-13(15)18(22-12(2)20)14-9-5-7-11-16(14)19/h3-8,10H,1,9,11H2,2H3. The van der Waals surface area contributed by atoms with Gasteiger partial charge in [-0.2, -0.15) is 0 Å². The van der Waals surface area contributed by atoms with Crippen molar-refractivity contribution in [1.82, 2.24) is 0 Å². The van der Waals surface area contributed by atoms with E-state index in [0.29, 0.717) is 24.3 Å². The van der Waals surface area contributed by atoms with Gasteiger partial charge >= 0.3 is 11.9 Å². The van der Waals surface area contributed by atoms with Crippen LogP contribution < -0.4 is 9.47 Å².